The average molecular weight is 378 g/mol. The molecule has 140 valence electrons. The van der Waals surface area contributed by atoms with Crippen molar-refractivity contribution in [2.45, 2.75) is 12.8 Å². The lowest BCUT2D eigenvalue weighted by Gasteiger charge is -2.12. The van der Waals surface area contributed by atoms with Gasteiger partial charge in [0.15, 0.2) is 6.61 Å². The van der Waals surface area contributed by atoms with Gasteiger partial charge >= 0.3 is 0 Å². The van der Waals surface area contributed by atoms with E-state index in [2.05, 4.69) is 5.32 Å². The molecule has 7 heteroatoms. The summed E-state index contributed by atoms with van der Waals surface area (Å²) in [4.78, 5) is 25.0. The summed E-state index contributed by atoms with van der Waals surface area (Å²) in [7, 11) is 3.35. The van der Waals surface area contributed by atoms with E-state index in [1.807, 2.05) is 24.3 Å². The van der Waals surface area contributed by atoms with Gasteiger partial charge in [0.05, 0.1) is 0 Å². The van der Waals surface area contributed by atoms with Crippen molar-refractivity contribution in [2.24, 2.45) is 0 Å². The van der Waals surface area contributed by atoms with Crippen molar-refractivity contribution in [1.29, 1.82) is 0 Å². The van der Waals surface area contributed by atoms with Crippen molar-refractivity contribution >= 4 is 35.6 Å². The number of nitrogens with zero attached hydrogens (tertiary/aromatic N) is 1. The number of rotatable bonds is 7. The van der Waals surface area contributed by atoms with E-state index in [9.17, 15) is 9.59 Å². The van der Waals surface area contributed by atoms with Crippen LogP contribution in [0.2, 0.25) is 0 Å². The number of nitrogens with two attached hydrogens (primary N) is 1. The largest absolute Gasteiger partial charge is 0.484 e. The summed E-state index contributed by atoms with van der Waals surface area (Å²) in [5.74, 6) is 0.377. The van der Waals surface area contributed by atoms with E-state index in [0.717, 1.165) is 5.56 Å². The number of hydrogen-bond donors (Lipinski definition) is 2. The van der Waals surface area contributed by atoms with E-state index in [1.54, 1.807) is 38.4 Å². The van der Waals surface area contributed by atoms with Crippen LogP contribution in [0.5, 0.6) is 5.75 Å². The third-order valence-electron chi connectivity index (χ3n) is 3.68. The molecule has 0 saturated carbocycles. The highest BCUT2D eigenvalue weighted by atomic mass is 35.5. The third kappa shape index (κ3) is 6.64. The van der Waals surface area contributed by atoms with Crippen LogP contribution in [0, 0.1) is 0 Å². The van der Waals surface area contributed by atoms with Crippen LogP contribution >= 0.6 is 12.4 Å². The number of hydrogen-bond acceptors (Lipinski definition) is 4. The highest BCUT2D eigenvalue weighted by Gasteiger charge is 2.07. The summed E-state index contributed by atoms with van der Waals surface area (Å²) in [5.41, 5.74) is 8.21. The predicted octanol–water partition coefficient (Wildman–Crippen LogP) is 2.73. The molecule has 0 aliphatic carbocycles. The maximum atomic E-state index is 12.0. The van der Waals surface area contributed by atoms with Gasteiger partial charge in [-0.05, 0) is 42.3 Å². The molecule has 0 spiro atoms. The monoisotopic (exact) mass is 377 g/mol. The second kappa shape index (κ2) is 10.3. The lowest BCUT2D eigenvalue weighted by atomic mass is 10.1. The molecule has 0 bridgehead atoms. The van der Waals surface area contributed by atoms with Crippen molar-refractivity contribution in [3.05, 3.63) is 54.1 Å². The Morgan fingerprint density at radius 2 is 1.73 bits per heavy atom. The molecule has 2 amide bonds. The summed E-state index contributed by atoms with van der Waals surface area (Å²) >= 11 is 0. The van der Waals surface area contributed by atoms with Crippen molar-refractivity contribution < 1.29 is 14.3 Å². The standard InChI is InChI=1S/C19H23N3O3.ClH/c1-22(2)19(24)13-25-16-10-8-15(9-11-16)21-18(23)12-7-14-5-3-4-6-17(14)20;/h3-6,8-11H,7,12-13,20H2,1-2H3,(H,21,23);1H. The molecule has 26 heavy (non-hydrogen) atoms. The number of halogens is 1. The topological polar surface area (TPSA) is 84.7 Å². The van der Waals surface area contributed by atoms with Crippen LogP contribution in [0.1, 0.15) is 12.0 Å². The fraction of sp³-hybridized carbons (Fsp3) is 0.263. The Kier molecular flexibility index (Phi) is 8.45. The fourth-order valence-electron chi connectivity index (χ4n) is 2.14. The molecular formula is C19H24ClN3O3. The number of benzene rings is 2. The first kappa shape index (κ1) is 21.3. The van der Waals surface area contributed by atoms with E-state index >= 15 is 0 Å². The Hall–Kier alpha value is -2.73. The molecule has 0 unspecified atom stereocenters. The first-order valence-corrected chi connectivity index (χ1v) is 8.02. The Bertz CT molecular complexity index is 733. The minimum absolute atomic E-state index is 0. The normalized spacial score (nSPS) is 9.77. The molecule has 0 atom stereocenters. The number of carbonyl (C=O) groups excluding carboxylic acids is 2. The van der Waals surface area contributed by atoms with Gasteiger partial charge in [-0.3, -0.25) is 9.59 Å². The number of nitrogens with one attached hydrogen (secondary N) is 1. The minimum atomic E-state index is -0.113. The fourth-order valence-corrected chi connectivity index (χ4v) is 2.14. The van der Waals surface area contributed by atoms with Crippen molar-refractivity contribution in [3.63, 3.8) is 0 Å². The summed E-state index contributed by atoms with van der Waals surface area (Å²) in [6, 6.07) is 14.4. The zero-order valence-corrected chi connectivity index (χ0v) is 15.7. The molecule has 0 aliphatic rings. The van der Waals surface area contributed by atoms with Gasteiger partial charge in [-0.1, -0.05) is 18.2 Å². The first-order chi connectivity index (χ1) is 12.0. The highest BCUT2D eigenvalue weighted by molar-refractivity contribution is 5.91. The van der Waals surface area contributed by atoms with Gasteiger partial charge < -0.3 is 20.7 Å². The molecule has 2 aromatic rings. The maximum absolute atomic E-state index is 12.0. The molecule has 3 N–H and O–H groups in total. The first-order valence-electron chi connectivity index (χ1n) is 8.02. The predicted molar refractivity (Wildman–Crippen MR) is 106 cm³/mol. The molecule has 0 radical (unpaired) electrons. The number of carbonyl (C=O) groups is 2. The van der Waals surface area contributed by atoms with Crippen molar-refractivity contribution in [2.75, 3.05) is 31.8 Å². The van der Waals surface area contributed by atoms with E-state index in [-0.39, 0.29) is 30.8 Å². The van der Waals surface area contributed by atoms with E-state index in [1.165, 1.54) is 4.90 Å². The molecule has 0 aliphatic heterocycles. The van der Waals surface area contributed by atoms with Crippen LogP contribution in [-0.4, -0.2) is 37.4 Å². The Morgan fingerprint density at radius 1 is 1.08 bits per heavy atom. The van der Waals surface area contributed by atoms with Gasteiger partial charge in [-0.15, -0.1) is 12.4 Å². The van der Waals surface area contributed by atoms with E-state index < -0.39 is 0 Å². The number of anilines is 2. The number of likely N-dealkylation sites (N-methyl/N-ethyl adjacent to an activating group) is 1. The van der Waals surface area contributed by atoms with Gasteiger partial charge in [-0.25, -0.2) is 0 Å². The molecule has 6 nitrogen and oxygen atoms in total. The number of amides is 2. The summed E-state index contributed by atoms with van der Waals surface area (Å²) < 4.78 is 5.39. The molecule has 0 aromatic heterocycles. The second-order valence-corrected chi connectivity index (χ2v) is 5.85. The molecule has 2 aromatic carbocycles. The average Bonchev–Trinajstić information content (AvgIpc) is 2.60. The SMILES string of the molecule is CN(C)C(=O)COc1ccc(NC(=O)CCc2ccccc2N)cc1.Cl. The lowest BCUT2D eigenvalue weighted by Crippen LogP contribution is -2.27. The lowest BCUT2D eigenvalue weighted by molar-refractivity contribution is -0.130. The number of nitrogen functional groups attached to an aromatic ring is 1. The summed E-state index contributed by atoms with van der Waals surface area (Å²) in [6.07, 6.45) is 0.941. The van der Waals surface area contributed by atoms with E-state index in [0.29, 0.717) is 30.0 Å². The zero-order valence-electron chi connectivity index (χ0n) is 14.9. The third-order valence-corrected chi connectivity index (χ3v) is 3.68. The zero-order chi connectivity index (χ0) is 18.2. The molecule has 0 fully saturated rings. The van der Waals surface area contributed by atoms with Gasteiger partial charge in [0.2, 0.25) is 5.91 Å². The maximum Gasteiger partial charge on any atom is 0.259 e. The van der Waals surface area contributed by atoms with Crippen LogP contribution in [0.4, 0.5) is 11.4 Å². The van der Waals surface area contributed by atoms with Crippen LogP contribution in [0.25, 0.3) is 0 Å². The number of aryl methyl sites for hydroxylation is 1. The molecule has 2 rings (SSSR count). The smallest absolute Gasteiger partial charge is 0.259 e. The Balaban J connectivity index is 0.00000338. The second-order valence-electron chi connectivity index (χ2n) is 5.85. The quantitative estimate of drug-likeness (QED) is 0.726. The van der Waals surface area contributed by atoms with E-state index in [4.69, 9.17) is 10.5 Å². The highest BCUT2D eigenvalue weighted by Crippen LogP contribution is 2.17. The van der Waals surface area contributed by atoms with Crippen LogP contribution in [-0.2, 0) is 16.0 Å². The van der Waals surface area contributed by atoms with Crippen LogP contribution in [0.3, 0.4) is 0 Å². The molecule has 0 heterocycles. The molecular weight excluding hydrogens is 354 g/mol. The van der Waals surface area contributed by atoms with Gasteiger partial charge in [0.25, 0.3) is 5.91 Å². The summed E-state index contributed by atoms with van der Waals surface area (Å²) in [6.45, 7) is -0.0167. The van der Waals surface area contributed by atoms with Crippen LogP contribution in [0.15, 0.2) is 48.5 Å². The van der Waals surface area contributed by atoms with Gasteiger partial charge in [0.1, 0.15) is 5.75 Å². The minimum Gasteiger partial charge on any atom is -0.484 e. The number of ether oxygens (including phenoxy) is 1. The van der Waals surface area contributed by atoms with Crippen molar-refractivity contribution in [3.8, 4) is 5.75 Å². The van der Waals surface area contributed by atoms with Crippen LogP contribution < -0.4 is 15.8 Å². The Labute approximate surface area is 159 Å². The van der Waals surface area contributed by atoms with Gasteiger partial charge in [0, 0.05) is 31.9 Å². The van der Waals surface area contributed by atoms with Crippen molar-refractivity contribution in [1.82, 2.24) is 4.90 Å². The molecule has 0 saturated heterocycles. The number of para-hydroxylation sites is 1. The summed E-state index contributed by atoms with van der Waals surface area (Å²) in [5, 5.41) is 2.83. The Morgan fingerprint density at radius 3 is 2.35 bits per heavy atom. The van der Waals surface area contributed by atoms with Gasteiger partial charge in [-0.2, -0.15) is 0 Å².